The van der Waals surface area contributed by atoms with E-state index in [2.05, 4.69) is 0 Å². The number of nitrogens with two attached hydrogens (primary N) is 1. The fraction of sp³-hybridized carbons (Fsp3) is 0.588. The molecule has 1 fully saturated rings. The number of carbonyl (C=O) groups is 1. The first kappa shape index (κ1) is 17.7. The first-order valence-corrected chi connectivity index (χ1v) is 8.14. The van der Waals surface area contributed by atoms with E-state index in [1.807, 2.05) is 0 Å². The van der Waals surface area contributed by atoms with E-state index in [1.165, 1.54) is 12.1 Å². The second-order valence-electron chi connectivity index (χ2n) is 5.75. The zero-order valence-electron chi connectivity index (χ0n) is 13.5. The van der Waals surface area contributed by atoms with Crippen LogP contribution in [-0.4, -0.2) is 42.9 Å². The van der Waals surface area contributed by atoms with Crippen molar-refractivity contribution in [1.29, 1.82) is 0 Å². The van der Waals surface area contributed by atoms with Crippen LogP contribution in [0.25, 0.3) is 0 Å². The molecule has 2 rings (SSSR count). The summed E-state index contributed by atoms with van der Waals surface area (Å²) in [5.41, 5.74) is 6.53. The first-order valence-electron chi connectivity index (χ1n) is 8.14. The third-order valence-electron chi connectivity index (χ3n) is 3.94. The maximum absolute atomic E-state index is 13.0. The lowest BCUT2D eigenvalue weighted by molar-refractivity contribution is -0.0576. The molecule has 6 heteroatoms. The van der Waals surface area contributed by atoms with Gasteiger partial charge in [-0.15, -0.1) is 0 Å². The molecule has 0 saturated carbocycles. The molecule has 1 heterocycles. The first-order chi connectivity index (χ1) is 11.1. The Kier molecular flexibility index (Phi) is 6.80. The quantitative estimate of drug-likeness (QED) is 0.874. The number of benzene rings is 1. The van der Waals surface area contributed by atoms with Gasteiger partial charge in [-0.05, 0) is 43.9 Å². The summed E-state index contributed by atoms with van der Waals surface area (Å²) in [5.74, 6) is -0.294. The highest BCUT2D eigenvalue weighted by atomic mass is 19.1. The predicted molar refractivity (Wildman–Crippen MR) is 85.4 cm³/mol. The van der Waals surface area contributed by atoms with E-state index < -0.39 is 0 Å². The molecule has 128 valence electrons. The molecule has 0 spiro atoms. The zero-order chi connectivity index (χ0) is 16.7. The van der Waals surface area contributed by atoms with E-state index in [0.717, 1.165) is 24.8 Å². The molecule has 1 saturated heterocycles. The summed E-state index contributed by atoms with van der Waals surface area (Å²) in [6.07, 6.45) is 2.54. The fourth-order valence-corrected chi connectivity index (χ4v) is 2.76. The predicted octanol–water partition coefficient (Wildman–Crippen LogP) is 2.68. The van der Waals surface area contributed by atoms with Crippen LogP contribution in [0, 0.1) is 5.82 Å². The van der Waals surface area contributed by atoms with Crippen molar-refractivity contribution in [3.8, 4) is 0 Å². The third kappa shape index (κ3) is 5.48. The Labute approximate surface area is 136 Å². The normalized spacial score (nSPS) is 21.0. The topological polar surface area (TPSA) is 64.8 Å². The minimum absolute atomic E-state index is 0.0397. The highest BCUT2D eigenvalue weighted by Crippen LogP contribution is 2.20. The molecule has 5 nitrogen and oxygen atoms in total. The molecule has 1 amide bonds. The molecule has 1 aliphatic rings. The lowest BCUT2D eigenvalue weighted by atomic mass is 10.0. The molecule has 2 N–H and O–H groups in total. The van der Waals surface area contributed by atoms with Crippen molar-refractivity contribution >= 4 is 6.09 Å². The van der Waals surface area contributed by atoms with Crippen LogP contribution in [0.5, 0.6) is 0 Å². The average Bonchev–Trinajstić information content (AvgIpc) is 2.56. The lowest BCUT2D eigenvalue weighted by Crippen LogP contribution is -2.42. The lowest BCUT2D eigenvalue weighted by Gasteiger charge is -2.33. The molecule has 1 aromatic carbocycles. The molecule has 23 heavy (non-hydrogen) atoms. The van der Waals surface area contributed by atoms with E-state index in [9.17, 15) is 9.18 Å². The average molecular weight is 324 g/mol. The van der Waals surface area contributed by atoms with Crippen molar-refractivity contribution < 1.29 is 18.7 Å². The Hall–Kier alpha value is -1.66. The van der Waals surface area contributed by atoms with E-state index in [-0.39, 0.29) is 24.1 Å². The van der Waals surface area contributed by atoms with Crippen LogP contribution in [-0.2, 0) is 16.0 Å². The second-order valence-corrected chi connectivity index (χ2v) is 5.75. The molecule has 1 aliphatic heterocycles. The maximum atomic E-state index is 13.0. The number of hydrogen-bond donors (Lipinski definition) is 1. The summed E-state index contributed by atoms with van der Waals surface area (Å²) >= 11 is 0. The summed E-state index contributed by atoms with van der Waals surface area (Å²) < 4.78 is 24.1. The van der Waals surface area contributed by atoms with Crippen LogP contribution in [0.15, 0.2) is 24.3 Å². The van der Waals surface area contributed by atoms with Crippen LogP contribution in [0.3, 0.4) is 0 Å². The molecule has 2 atom stereocenters. The van der Waals surface area contributed by atoms with Crippen molar-refractivity contribution in [3.05, 3.63) is 35.6 Å². The monoisotopic (exact) mass is 324 g/mol. The van der Waals surface area contributed by atoms with Gasteiger partial charge in [0.05, 0.1) is 25.4 Å². The molecule has 0 bridgehead atoms. The molecule has 1 aromatic rings. The number of rotatable bonds is 6. The molecular weight excluding hydrogens is 299 g/mol. The van der Waals surface area contributed by atoms with Gasteiger partial charge in [0.2, 0.25) is 0 Å². The van der Waals surface area contributed by atoms with Gasteiger partial charge in [0.15, 0.2) is 0 Å². The van der Waals surface area contributed by atoms with Crippen molar-refractivity contribution in [1.82, 2.24) is 4.90 Å². The Bertz CT molecular complexity index is 495. The smallest absolute Gasteiger partial charge is 0.410 e. The van der Waals surface area contributed by atoms with E-state index in [0.29, 0.717) is 26.2 Å². The standard InChI is InChI=1S/C17H25FN2O3/c1-2-22-17(21)20(11-13-6-8-14(18)9-7-13)12-16-5-3-4-15(10-19)23-16/h6-9,15-16H,2-5,10-12,19H2,1H3. The number of amides is 1. The van der Waals surface area contributed by atoms with E-state index in [1.54, 1.807) is 24.0 Å². The van der Waals surface area contributed by atoms with Gasteiger partial charge in [-0.3, -0.25) is 0 Å². The van der Waals surface area contributed by atoms with Crippen LogP contribution in [0.4, 0.5) is 9.18 Å². The van der Waals surface area contributed by atoms with Crippen molar-refractivity contribution in [2.24, 2.45) is 5.73 Å². The number of hydrogen-bond acceptors (Lipinski definition) is 4. The summed E-state index contributed by atoms with van der Waals surface area (Å²) in [5, 5.41) is 0. The van der Waals surface area contributed by atoms with Gasteiger partial charge in [-0.25, -0.2) is 9.18 Å². The summed E-state index contributed by atoms with van der Waals surface area (Å²) in [4.78, 5) is 13.8. The Morgan fingerprint density at radius 3 is 2.70 bits per heavy atom. The van der Waals surface area contributed by atoms with Crippen molar-refractivity contribution in [2.75, 3.05) is 19.7 Å². The van der Waals surface area contributed by atoms with Crippen LogP contribution in [0.1, 0.15) is 31.7 Å². The third-order valence-corrected chi connectivity index (χ3v) is 3.94. The van der Waals surface area contributed by atoms with Crippen LogP contribution < -0.4 is 5.73 Å². The second kappa shape index (κ2) is 8.84. The Morgan fingerprint density at radius 2 is 2.04 bits per heavy atom. The zero-order valence-corrected chi connectivity index (χ0v) is 13.5. The number of carbonyl (C=O) groups excluding carboxylic acids is 1. The Morgan fingerprint density at radius 1 is 1.35 bits per heavy atom. The molecule has 0 radical (unpaired) electrons. The largest absolute Gasteiger partial charge is 0.450 e. The highest BCUT2D eigenvalue weighted by Gasteiger charge is 2.26. The van der Waals surface area contributed by atoms with Gasteiger partial charge in [0, 0.05) is 13.1 Å². The van der Waals surface area contributed by atoms with E-state index >= 15 is 0 Å². The van der Waals surface area contributed by atoms with Gasteiger partial charge in [0.1, 0.15) is 5.82 Å². The number of halogens is 1. The number of ether oxygens (including phenoxy) is 2. The van der Waals surface area contributed by atoms with Crippen LogP contribution in [0.2, 0.25) is 0 Å². The van der Waals surface area contributed by atoms with Gasteiger partial charge >= 0.3 is 6.09 Å². The van der Waals surface area contributed by atoms with Gasteiger partial charge in [-0.1, -0.05) is 12.1 Å². The molecule has 0 aromatic heterocycles. The van der Waals surface area contributed by atoms with Gasteiger partial charge in [-0.2, -0.15) is 0 Å². The maximum Gasteiger partial charge on any atom is 0.410 e. The minimum atomic E-state index is -0.379. The molecule has 0 aliphatic carbocycles. The highest BCUT2D eigenvalue weighted by molar-refractivity contribution is 5.67. The molecular formula is C17H25FN2O3. The summed E-state index contributed by atoms with van der Waals surface area (Å²) in [7, 11) is 0. The minimum Gasteiger partial charge on any atom is -0.450 e. The van der Waals surface area contributed by atoms with Crippen LogP contribution >= 0.6 is 0 Å². The Balaban J connectivity index is 2.01. The van der Waals surface area contributed by atoms with E-state index in [4.69, 9.17) is 15.2 Å². The number of nitrogens with zero attached hydrogens (tertiary/aromatic N) is 1. The van der Waals surface area contributed by atoms with Gasteiger partial charge < -0.3 is 20.1 Å². The summed E-state index contributed by atoms with van der Waals surface area (Å²) in [6.45, 7) is 3.40. The SMILES string of the molecule is CCOC(=O)N(Cc1ccc(F)cc1)CC1CCCC(CN)O1. The summed E-state index contributed by atoms with van der Waals surface area (Å²) in [6, 6.07) is 6.12. The van der Waals surface area contributed by atoms with Crippen molar-refractivity contribution in [2.45, 2.75) is 44.9 Å². The molecule has 2 unspecified atom stereocenters. The fourth-order valence-electron chi connectivity index (χ4n) is 2.76. The van der Waals surface area contributed by atoms with Crippen molar-refractivity contribution in [3.63, 3.8) is 0 Å². The van der Waals surface area contributed by atoms with Gasteiger partial charge in [0.25, 0.3) is 0 Å².